The Labute approximate surface area is 202 Å². The lowest BCUT2D eigenvalue weighted by Gasteiger charge is -2.28. The number of carbonyl (C=O) groups is 1. The van der Waals surface area contributed by atoms with E-state index in [-0.39, 0.29) is 17.4 Å². The number of hydrogen-bond acceptors (Lipinski definition) is 5. The first-order valence-corrected chi connectivity index (χ1v) is 11.6. The van der Waals surface area contributed by atoms with E-state index in [0.29, 0.717) is 41.5 Å². The lowest BCUT2D eigenvalue weighted by atomic mass is 10.0. The summed E-state index contributed by atoms with van der Waals surface area (Å²) in [7, 11) is 0. The first kappa shape index (κ1) is 24.7. The molecule has 0 radical (unpaired) electrons. The summed E-state index contributed by atoms with van der Waals surface area (Å²) in [5, 5.41) is 13.1. The molecule has 2 aromatic heterocycles. The number of pyridine rings is 1. The third-order valence-electron chi connectivity index (χ3n) is 6.10. The van der Waals surface area contributed by atoms with Crippen LogP contribution in [0.3, 0.4) is 0 Å². The van der Waals surface area contributed by atoms with Gasteiger partial charge in [0, 0.05) is 29.9 Å². The van der Waals surface area contributed by atoms with Crippen LogP contribution >= 0.6 is 0 Å². The molecule has 2 atom stereocenters. The van der Waals surface area contributed by atoms with E-state index in [4.69, 9.17) is 0 Å². The highest BCUT2D eigenvalue weighted by atomic mass is 19.1. The average molecular weight is 487 g/mol. The fourth-order valence-corrected chi connectivity index (χ4v) is 3.88. The number of amides is 1. The van der Waals surface area contributed by atoms with E-state index in [9.17, 15) is 18.0 Å². The van der Waals surface area contributed by atoms with Gasteiger partial charge in [-0.2, -0.15) is 9.49 Å². The summed E-state index contributed by atoms with van der Waals surface area (Å²) in [4.78, 5) is 13.4. The second kappa shape index (κ2) is 10.9. The Bertz CT molecular complexity index is 1180. The van der Waals surface area contributed by atoms with Gasteiger partial charge in [0.05, 0.1) is 29.8 Å². The molecule has 1 aliphatic carbocycles. The average Bonchev–Trinajstić information content (AvgIpc) is 3.53. The van der Waals surface area contributed by atoms with Crippen LogP contribution in [0.15, 0.2) is 36.8 Å². The summed E-state index contributed by atoms with van der Waals surface area (Å²) in [6.45, 7) is 4.49. The van der Waals surface area contributed by atoms with Crippen molar-refractivity contribution in [3.05, 3.63) is 59.7 Å². The number of halogens is 3. The van der Waals surface area contributed by atoms with E-state index in [0.717, 1.165) is 18.5 Å². The number of aryl methyl sites for hydroxylation is 2. The minimum Gasteiger partial charge on any atom is -0.378 e. The Morgan fingerprint density at radius 2 is 1.91 bits per heavy atom. The first-order valence-electron chi connectivity index (χ1n) is 11.6. The molecule has 1 saturated carbocycles. The monoisotopic (exact) mass is 486 g/mol. The van der Waals surface area contributed by atoms with Gasteiger partial charge in [0.1, 0.15) is 12.0 Å². The third kappa shape index (κ3) is 6.19. The zero-order valence-corrected chi connectivity index (χ0v) is 19.7. The van der Waals surface area contributed by atoms with E-state index in [1.165, 1.54) is 31.3 Å². The molecular formula is C25H29F3N6O. The molecule has 3 aromatic rings. The summed E-state index contributed by atoms with van der Waals surface area (Å²) in [5.74, 6) is -0.916. The van der Waals surface area contributed by atoms with Crippen LogP contribution in [-0.2, 0) is 4.79 Å². The van der Waals surface area contributed by atoms with Crippen molar-refractivity contribution in [2.75, 3.05) is 18.4 Å². The topological polar surface area (TPSA) is 83.9 Å². The van der Waals surface area contributed by atoms with Crippen LogP contribution in [0.5, 0.6) is 0 Å². The highest BCUT2D eigenvalue weighted by molar-refractivity contribution is 5.67. The maximum absolute atomic E-state index is 14.4. The number of benzene rings is 1. The molecule has 186 valence electrons. The van der Waals surface area contributed by atoms with Gasteiger partial charge in [-0.25, -0.2) is 18.4 Å². The largest absolute Gasteiger partial charge is 0.378 e. The number of rotatable bonds is 6. The van der Waals surface area contributed by atoms with E-state index < -0.39 is 12.1 Å². The molecule has 35 heavy (non-hydrogen) atoms. The molecular weight excluding hydrogens is 457 g/mol. The Kier molecular flexibility index (Phi) is 7.70. The van der Waals surface area contributed by atoms with Crippen LogP contribution in [0.2, 0.25) is 0 Å². The Morgan fingerprint density at radius 1 is 1.11 bits per heavy atom. The van der Waals surface area contributed by atoms with Crippen LogP contribution in [0, 0.1) is 25.6 Å². The molecule has 0 spiro atoms. The molecule has 7 nitrogen and oxygen atoms in total. The predicted octanol–water partition coefficient (Wildman–Crippen LogP) is 3.84. The minimum atomic E-state index is -1.02. The number of nitrogens with one attached hydrogen (secondary N) is 3. The van der Waals surface area contributed by atoms with E-state index in [2.05, 4.69) is 26.0 Å². The minimum absolute atomic E-state index is 0.266. The fraction of sp³-hybridized carbons (Fsp3) is 0.400. The van der Waals surface area contributed by atoms with Gasteiger partial charge >= 0.3 is 0 Å². The highest BCUT2D eigenvalue weighted by Crippen LogP contribution is 2.27. The van der Waals surface area contributed by atoms with Crippen LogP contribution in [-0.4, -0.2) is 52.5 Å². The SMILES string of the molecule is Cc1cc(-n2cc(-c3cc(NC4CCNCC4F)cnc3F)cn2)c(C)cc1F.O=CNC1CC1. The molecule has 1 aliphatic heterocycles. The van der Waals surface area contributed by atoms with Crippen molar-refractivity contribution in [1.82, 2.24) is 25.4 Å². The van der Waals surface area contributed by atoms with E-state index >= 15 is 0 Å². The summed E-state index contributed by atoms with van der Waals surface area (Å²) < 4.78 is 43.8. The van der Waals surface area contributed by atoms with Crippen LogP contribution in [0.25, 0.3) is 16.8 Å². The van der Waals surface area contributed by atoms with Gasteiger partial charge in [-0.05, 0) is 69.0 Å². The quantitative estimate of drug-likeness (QED) is 0.364. The number of piperidine rings is 1. The zero-order chi connectivity index (χ0) is 24.9. The maximum Gasteiger partial charge on any atom is 0.220 e. The van der Waals surface area contributed by atoms with Crippen LogP contribution in [0.1, 0.15) is 30.4 Å². The van der Waals surface area contributed by atoms with Crippen LogP contribution < -0.4 is 16.0 Å². The predicted molar refractivity (Wildman–Crippen MR) is 128 cm³/mol. The smallest absolute Gasteiger partial charge is 0.220 e. The van der Waals surface area contributed by atoms with Gasteiger partial charge in [0.25, 0.3) is 0 Å². The number of anilines is 1. The molecule has 2 unspecified atom stereocenters. The normalized spacial score (nSPS) is 19.5. The Balaban J connectivity index is 0.000000421. The van der Waals surface area contributed by atoms with Crippen molar-refractivity contribution >= 4 is 12.1 Å². The van der Waals surface area contributed by atoms with Crippen molar-refractivity contribution in [2.24, 2.45) is 0 Å². The highest BCUT2D eigenvalue weighted by Gasteiger charge is 2.25. The number of carbonyl (C=O) groups excluding carboxylic acids is 1. The standard InChI is InChI=1S/C21H22F3N5.C4H7NO/c1-12-6-20(13(2)5-17(12)22)29-11-14(8-27-29)16-7-15(9-26-21(16)24)28-19-3-4-25-10-18(19)23;6-3-5-4-1-2-4/h5-9,11,18-19,25,28H,3-4,10H2,1-2H3;3-4H,1-2H2,(H,5,6). The molecule has 2 fully saturated rings. The fourth-order valence-electron chi connectivity index (χ4n) is 3.88. The number of aromatic nitrogens is 3. The molecule has 1 amide bonds. The second-order valence-electron chi connectivity index (χ2n) is 8.94. The molecule has 3 N–H and O–H groups in total. The third-order valence-corrected chi connectivity index (χ3v) is 6.10. The van der Waals surface area contributed by atoms with Gasteiger partial charge in [0.15, 0.2) is 0 Å². The Morgan fingerprint density at radius 3 is 2.60 bits per heavy atom. The van der Waals surface area contributed by atoms with Gasteiger partial charge < -0.3 is 16.0 Å². The molecule has 1 aromatic carbocycles. The van der Waals surface area contributed by atoms with Crippen LogP contribution in [0.4, 0.5) is 18.9 Å². The molecule has 3 heterocycles. The molecule has 5 rings (SSSR count). The summed E-state index contributed by atoms with van der Waals surface area (Å²) in [6.07, 6.45) is 7.30. The molecule has 0 bridgehead atoms. The van der Waals surface area contributed by atoms with Gasteiger partial charge in [-0.15, -0.1) is 0 Å². The number of hydrogen-bond donors (Lipinski definition) is 3. The van der Waals surface area contributed by atoms with Gasteiger partial charge in [-0.1, -0.05) is 0 Å². The number of nitrogens with zero attached hydrogens (tertiary/aromatic N) is 3. The summed E-state index contributed by atoms with van der Waals surface area (Å²) in [5.41, 5.74) is 3.29. The molecule has 2 aliphatic rings. The lowest BCUT2D eigenvalue weighted by Crippen LogP contribution is -2.45. The molecule has 1 saturated heterocycles. The second-order valence-corrected chi connectivity index (χ2v) is 8.94. The summed E-state index contributed by atoms with van der Waals surface area (Å²) in [6, 6.07) is 4.95. The maximum atomic E-state index is 14.4. The van der Waals surface area contributed by atoms with Gasteiger partial charge in [0.2, 0.25) is 12.4 Å². The van der Waals surface area contributed by atoms with Crippen molar-refractivity contribution in [3.63, 3.8) is 0 Å². The van der Waals surface area contributed by atoms with E-state index in [1.54, 1.807) is 36.9 Å². The first-order chi connectivity index (χ1) is 16.9. The lowest BCUT2D eigenvalue weighted by molar-refractivity contribution is -0.109. The summed E-state index contributed by atoms with van der Waals surface area (Å²) >= 11 is 0. The number of alkyl halides is 1. The van der Waals surface area contributed by atoms with Gasteiger partial charge in [-0.3, -0.25) is 4.79 Å². The zero-order valence-electron chi connectivity index (χ0n) is 19.7. The molecule has 10 heteroatoms. The van der Waals surface area contributed by atoms with Crippen molar-refractivity contribution < 1.29 is 18.0 Å². The Hall–Kier alpha value is -3.40. The van der Waals surface area contributed by atoms with Crippen molar-refractivity contribution in [2.45, 2.75) is 51.4 Å². The van der Waals surface area contributed by atoms with Crippen molar-refractivity contribution in [3.8, 4) is 16.8 Å². The van der Waals surface area contributed by atoms with E-state index in [1.807, 2.05) is 0 Å². The van der Waals surface area contributed by atoms with Crippen molar-refractivity contribution in [1.29, 1.82) is 0 Å².